The average molecular weight is 204 g/mol. The van der Waals surface area contributed by atoms with E-state index >= 15 is 0 Å². The summed E-state index contributed by atoms with van der Waals surface area (Å²) in [6.45, 7) is 2.76. The number of hydrogen-bond donors (Lipinski definition) is 1. The second-order valence-corrected chi connectivity index (χ2v) is 3.62. The van der Waals surface area contributed by atoms with E-state index in [1.165, 1.54) is 5.56 Å². The third kappa shape index (κ3) is 2.02. The maximum Gasteiger partial charge on any atom is 0.195 e. The molecule has 0 aliphatic heterocycles. The molecule has 0 atom stereocenters. The van der Waals surface area contributed by atoms with Crippen LogP contribution >= 0.6 is 0 Å². The zero-order chi connectivity index (χ0) is 10.7. The molecule has 0 fully saturated rings. The number of hydrogen-bond acceptors (Lipinski definition) is 3. The van der Waals surface area contributed by atoms with Crippen LogP contribution in [0.3, 0.4) is 0 Å². The molecule has 0 unspecified atom stereocenters. The third-order valence-corrected chi connectivity index (χ3v) is 2.49. The molecule has 3 nitrogen and oxygen atoms in total. The lowest BCUT2D eigenvalue weighted by atomic mass is 10.1. The van der Waals surface area contributed by atoms with Crippen molar-refractivity contribution in [1.29, 1.82) is 0 Å². The average Bonchev–Trinajstić information content (AvgIpc) is 2.69. The summed E-state index contributed by atoms with van der Waals surface area (Å²) in [5.41, 5.74) is 8.61. The molecule has 0 aliphatic rings. The van der Waals surface area contributed by atoms with E-state index in [9.17, 15) is 0 Å². The van der Waals surface area contributed by atoms with Gasteiger partial charge >= 0.3 is 0 Å². The zero-order valence-corrected chi connectivity index (χ0v) is 8.99. The fourth-order valence-electron chi connectivity index (χ4n) is 1.69. The van der Waals surface area contributed by atoms with Gasteiger partial charge in [-0.25, -0.2) is 4.98 Å². The standard InChI is InChI=1S/C12H16N2O/c1-2-11-14-10-7-3-5-9(6-4-8-13)12(10)15-11/h3,5,7H,2,4,6,8,13H2,1H3. The Balaban J connectivity index is 2.40. The molecule has 0 spiro atoms. The molecule has 2 aromatic rings. The molecule has 1 aromatic carbocycles. The van der Waals surface area contributed by atoms with Crippen LogP contribution in [-0.4, -0.2) is 11.5 Å². The van der Waals surface area contributed by atoms with E-state index in [1.54, 1.807) is 0 Å². The van der Waals surface area contributed by atoms with Crippen molar-refractivity contribution in [2.24, 2.45) is 5.73 Å². The van der Waals surface area contributed by atoms with Crippen molar-refractivity contribution in [2.75, 3.05) is 6.54 Å². The van der Waals surface area contributed by atoms with Crippen LogP contribution in [0.15, 0.2) is 22.6 Å². The lowest BCUT2D eigenvalue weighted by Crippen LogP contribution is -2.00. The number of para-hydroxylation sites is 1. The molecular formula is C12H16N2O. The summed E-state index contributed by atoms with van der Waals surface area (Å²) in [6.07, 6.45) is 2.79. The van der Waals surface area contributed by atoms with Crippen molar-refractivity contribution in [3.63, 3.8) is 0 Å². The van der Waals surface area contributed by atoms with Crippen molar-refractivity contribution in [1.82, 2.24) is 4.98 Å². The largest absolute Gasteiger partial charge is 0.440 e. The van der Waals surface area contributed by atoms with E-state index in [1.807, 2.05) is 19.1 Å². The van der Waals surface area contributed by atoms with Crippen molar-refractivity contribution in [3.8, 4) is 0 Å². The zero-order valence-electron chi connectivity index (χ0n) is 8.99. The Morgan fingerprint density at radius 1 is 1.40 bits per heavy atom. The normalized spacial score (nSPS) is 11.1. The fourth-order valence-corrected chi connectivity index (χ4v) is 1.69. The van der Waals surface area contributed by atoms with Crippen LogP contribution in [0.25, 0.3) is 11.1 Å². The summed E-state index contributed by atoms with van der Waals surface area (Å²) < 4.78 is 5.69. The SMILES string of the molecule is CCc1nc2cccc(CCCN)c2o1. The highest BCUT2D eigenvalue weighted by molar-refractivity contribution is 5.76. The molecular weight excluding hydrogens is 188 g/mol. The van der Waals surface area contributed by atoms with Crippen LogP contribution in [-0.2, 0) is 12.8 Å². The molecule has 3 heteroatoms. The van der Waals surface area contributed by atoms with Gasteiger partial charge in [0, 0.05) is 6.42 Å². The Morgan fingerprint density at radius 3 is 3.00 bits per heavy atom. The predicted molar refractivity (Wildman–Crippen MR) is 60.8 cm³/mol. The van der Waals surface area contributed by atoms with E-state index in [2.05, 4.69) is 11.1 Å². The Hall–Kier alpha value is -1.35. The number of fused-ring (bicyclic) bond motifs is 1. The van der Waals surface area contributed by atoms with Gasteiger partial charge in [0.05, 0.1) is 0 Å². The molecule has 0 saturated heterocycles. The van der Waals surface area contributed by atoms with E-state index in [0.29, 0.717) is 6.54 Å². The minimum absolute atomic E-state index is 0.713. The number of aryl methyl sites for hydroxylation is 2. The van der Waals surface area contributed by atoms with Gasteiger partial charge in [-0.2, -0.15) is 0 Å². The number of rotatable bonds is 4. The lowest BCUT2D eigenvalue weighted by molar-refractivity contribution is 0.534. The summed E-state index contributed by atoms with van der Waals surface area (Å²) in [4.78, 5) is 4.40. The topological polar surface area (TPSA) is 52.0 Å². The van der Waals surface area contributed by atoms with Crippen LogP contribution < -0.4 is 5.73 Å². The lowest BCUT2D eigenvalue weighted by Gasteiger charge is -1.99. The first-order valence-corrected chi connectivity index (χ1v) is 5.42. The fraction of sp³-hybridized carbons (Fsp3) is 0.417. The summed E-state index contributed by atoms with van der Waals surface area (Å²) in [5, 5.41) is 0. The number of oxazole rings is 1. The van der Waals surface area contributed by atoms with Gasteiger partial charge in [-0.1, -0.05) is 19.1 Å². The van der Waals surface area contributed by atoms with Crippen LogP contribution in [0.1, 0.15) is 24.8 Å². The van der Waals surface area contributed by atoms with Gasteiger partial charge < -0.3 is 10.2 Å². The first-order valence-electron chi connectivity index (χ1n) is 5.42. The highest BCUT2D eigenvalue weighted by Crippen LogP contribution is 2.21. The molecule has 0 bridgehead atoms. The Labute approximate surface area is 89.3 Å². The third-order valence-electron chi connectivity index (χ3n) is 2.49. The van der Waals surface area contributed by atoms with E-state index in [0.717, 1.165) is 36.3 Å². The van der Waals surface area contributed by atoms with E-state index < -0.39 is 0 Å². The van der Waals surface area contributed by atoms with Gasteiger partial charge in [0.25, 0.3) is 0 Å². The van der Waals surface area contributed by atoms with Crippen molar-refractivity contribution >= 4 is 11.1 Å². The molecule has 0 amide bonds. The first kappa shape index (κ1) is 10.2. The molecule has 0 saturated carbocycles. The van der Waals surface area contributed by atoms with E-state index in [-0.39, 0.29) is 0 Å². The van der Waals surface area contributed by atoms with Crippen molar-refractivity contribution in [2.45, 2.75) is 26.2 Å². The summed E-state index contributed by atoms with van der Waals surface area (Å²) in [5.74, 6) is 0.810. The maximum atomic E-state index is 5.69. The highest BCUT2D eigenvalue weighted by Gasteiger charge is 2.07. The van der Waals surface area contributed by atoms with E-state index in [4.69, 9.17) is 10.2 Å². The highest BCUT2D eigenvalue weighted by atomic mass is 16.3. The Bertz CT molecular complexity index is 448. The smallest absolute Gasteiger partial charge is 0.195 e. The van der Waals surface area contributed by atoms with Crippen molar-refractivity contribution < 1.29 is 4.42 Å². The Morgan fingerprint density at radius 2 is 2.27 bits per heavy atom. The summed E-state index contributed by atoms with van der Waals surface area (Å²) in [6, 6.07) is 6.10. The molecule has 1 heterocycles. The maximum absolute atomic E-state index is 5.69. The van der Waals surface area contributed by atoms with Crippen LogP contribution in [0.2, 0.25) is 0 Å². The quantitative estimate of drug-likeness (QED) is 0.831. The number of nitrogens with two attached hydrogens (primary N) is 1. The Kier molecular flexibility index (Phi) is 3.02. The van der Waals surface area contributed by atoms with Gasteiger partial charge in [-0.05, 0) is 31.0 Å². The summed E-state index contributed by atoms with van der Waals surface area (Å²) >= 11 is 0. The second kappa shape index (κ2) is 4.45. The number of nitrogens with zero attached hydrogens (tertiary/aromatic N) is 1. The van der Waals surface area contributed by atoms with Gasteiger partial charge in [0.15, 0.2) is 11.5 Å². The molecule has 1 aromatic heterocycles. The van der Waals surface area contributed by atoms with Gasteiger partial charge in [0.1, 0.15) is 5.52 Å². The van der Waals surface area contributed by atoms with Gasteiger partial charge in [-0.3, -0.25) is 0 Å². The number of benzene rings is 1. The molecule has 0 aliphatic carbocycles. The number of aromatic nitrogens is 1. The molecule has 2 rings (SSSR count). The van der Waals surface area contributed by atoms with Gasteiger partial charge in [-0.15, -0.1) is 0 Å². The van der Waals surface area contributed by atoms with Crippen LogP contribution in [0.5, 0.6) is 0 Å². The minimum atomic E-state index is 0.713. The van der Waals surface area contributed by atoms with Gasteiger partial charge in [0.2, 0.25) is 0 Å². The monoisotopic (exact) mass is 204 g/mol. The van der Waals surface area contributed by atoms with Crippen molar-refractivity contribution in [3.05, 3.63) is 29.7 Å². The molecule has 0 radical (unpaired) electrons. The molecule has 2 N–H and O–H groups in total. The molecule has 15 heavy (non-hydrogen) atoms. The predicted octanol–water partition coefficient (Wildman–Crippen LogP) is 2.28. The first-order chi connectivity index (χ1) is 7.35. The van der Waals surface area contributed by atoms with Crippen LogP contribution in [0, 0.1) is 0 Å². The summed E-state index contributed by atoms with van der Waals surface area (Å²) in [7, 11) is 0. The minimum Gasteiger partial charge on any atom is -0.440 e. The second-order valence-electron chi connectivity index (χ2n) is 3.62. The molecule has 80 valence electrons. The van der Waals surface area contributed by atoms with Crippen LogP contribution in [0.4, 0.5) is 0 Å².